The maximum Gasteiger partial charge on any atom is 0.272 e. The lowest BCUT2D eigenvalue weighted by atomic mass is 9.99. The van der Waals surface area contributed by atoms with Crippen molar-refractivity contribution in [2.24, 2.45) is 0 Å². The Balaban J connectivity index is 1.43. The number of nitrogens with two attached hydrogens (primary N) is 1. The highest BCUT2D eigenvalue weighted by atomic mass is 16.5. The molecule has 0 bridgehead atoms. The summed E-state index contributed by atoms with van der Waals surface area (Å²) in [5.41, 5.74) is 8.96. The van der Waals surface area contributed by atoms with Crippen LogP contribution in [0.1, 0.15) is 44.6 Å². The highest BCUT2D eigenvalue weighted by molar-refractivity contribution is 6.06. The Morgan fingerprint density at radius 1 is 1.00 bits per heavy atom. The van der Waals surface area contributed by atoms with Crippen molar-refractivity contribution in [1.29, 1.82) is 0 Å². The zero-order valence-electron chi connectivity index (χ0n) is 18.5. The number of hydrogen-bond acceptors (Lipinski definition) is 7. The number of fused-ring (bicyclic) bond motifs is 1. The summed E-state index contributed by atoms with van der Waals surface area (Å²) in [6.07, 6.45) is 0.766. The zero-order valence-corrected chi connectivity index (χ0v) is 18.5. The van der Waals surface area contributed by atoms with Gasteiger partial charge in [-0.3, -0.25) is 14.6 Å². The summed E-state index contributed by atoms with van der Waals surface area (Å²) < 4.78 is 5.40. The number of pyridine rings is 1. The molecule has 33 heavy (non-hydrogen) atoms. The largest absolute Gasteiger partial charge is 0.378 e. The molecule has 0 spiro atoms. The second kappa shape index (κ2) is 8.74. The van der Waals surface area contributed by atoms with Crippen molar-refractivity contribution in [3.05, 3.63) is 59.0 Å². The fourth-order valence-corrected chi connectivity index (χ4v) is 4.57. The van der Waals surface area contributed by atoms with Gasteiger partial charge in [-0.25, -0.2) is 9.97 Å². The SMILES string of the molecule is Cc1cc(C(=O)N2CC[C@@H](c3cc(C(=O)N4CCOCC4)c4ccccc4n3)C2)nc(N)n1. The van der Waals surface area contributed by atoms with Crippen molar-refractivity contribution in [2.75, 3.05) is 45.1 Å². The third-order valence-corrected chi connectivity index (χ3v) is 6.25. The van der Waals surface area contributed by atoms with E-state index in [0.717, 1.165) is 23.0 Å². The minimum atomic E-state index is -0.167. The van der Waals surface area contributed by atoms with E-state index in [1.807, 2.05) is 35.2 Å². The first-order chi connectivity index (χ1) is 16.0. The van der Waals surface area contributed by atoms with Gasteiger partial charge in [0.05, 0.1) is 24.3 Å². The van der Waals surface area contributed by atoms with E-state index in [4.69, 9.17) is 15.5 Å². The van der Waals surface area contributed by atoms with Crippen LogP contribution in [0.15, 0.2) is 36.4 Å². The molecule has 4 heterocycles. The lowest BCUT2D eigenvalue weighted by Crippen LogP contribution is -2.40. The monoisotopic (exact) mass is 446 g/mol. The van der Waals surface area contributed by atoms with Crippen molar-refractivity contribution in [3.8, 4) is 0 Å². The van der Waals surface area contributed by atoms with Gasteiger partial charge < -0.3 is 20.3 Å². The molecule has 9 heteroatoms. The minimum absolute atomic E-state index is 0.00369. The Bertz CT molecular complexity index is 1200. The smallest absolute Gasteiger partial charge is 0.272 e. The summed E-state index contributed by atoms with van der Waals surface area (Å²) in [6, 6.07) is 11.3. The molecule has 1 atom stereocenters. The molecule has 2 fully saturated rings. The molecule has 0 radical (unpaired) electrons. The number of aromatic nitrogens is 3. The number of likely N-dealkylation sites (tertiary alicyclic amines) is 1. The van der Waals surface area contributed by atoms with Gasteiger partial charge in [0.1, 0.15) is 5.69 Å². The maximum atomic E-state index is 13.4. The Morgan fingerprint density at radius 2 is 1.79 bits per heavy atom. The number of para-hydroxylation sites is 1. The number of nitrogens with zero attached hydrogens (tertiary/aromatic N) is 5. The van der Waals surface area contributed by atoms with Crippen LogP contribution in [0.4, 0.5) is 5.95 Å². The van der Waals surface area contributed by atoms with Gasteiger partial charge in [0.25, 0.3) is 11.8 Å². The molecule has 9 nitrogen and oxygen atoms in total. The van der Waals surface area contributed by atoms with Gasteiger partial charge in [0.15, 0.2) is 0 Å². The van der Waals surface area contributed by atoms with E-state index in [1.165, 1.54) is 0 Å². The van der Waals surface area contributed by atoms with Crippen molar-refractivity contribution < 1.29 is 14.3 Å². The molecule has 2 aromatic heterocycles. The van der Waals surface area contributed by atoms with E-state index in [-0.39, 0.29) is 23.7 Å². The molecule has 0 aliphatic carbocycles. The predicted molar refractivity (Wildman–Crippen MR) is 123 cm³/mol. The number of nitrogen functional groups attached to an aromatic ring is 1. The molecular weight excluding hydrogens is 420 g/mol. The normalized spacial score (nSPS) is 18.6. The molecule has 2 aliphatic heterocycles. The highest BCUT2D eigenvalue weighted by Crippen LogP contribution is 2.30. The third kappa shape index (κ3) is 4.23. The van der Waals surface area contributed by atoms with Crippen molar-refractivity contribution in [3.63, 3.8) is 0 Å². The van der Waals surface area contributed by atoms with Gasteiger partial charge >= 0.3 is 0 Å². The van der Waals surface area contributed by atoms with Crippen LogP contribution in [0.5, 0.6) is 0 Å². The van der Waals surface area contributed by atoms with Gasteiger partial charge in [-0.1, -0.05) is 18.2 Å². The molecule has 1 aromatic carbocycles. The molecule has 2 amide bonds. The number of aryl methyl sites for hydroxylation is 1. The quantitative estimate of drug-likeness (QED) is 0.654. The highest BCUT2D eigenvalue weighted by Gasteiger charge is 2.31. The first-order valence-corrected chi connectivity index (χ1v) is 11.2. The number of hydrogen-bond donors (Lipinski definition) is 1. The molecule has 0 saturated carbocycles. The van der Waals surface area contributed by atoms with Gasteiger partial charge in [-0.15, -0.1) is 0 Å². The number of morpholine rings is 1. The van der Waals surface area contributed by atoms with Gasteiger partial charge in [-0.05, 0) is 31.5 Å². The van der Waals surface area contributed by atoms with Crippen LogP contribution in [0.2, 0.25) is 0 Å². The van der Waals surface area contributed by atoms with E-state index >= 15 is 0 Å². The number of rotatable bonds is 3. The number of ether oxygens (including phenoxy) is 1. The molecule has 2 N–H and O–H groups in total. The average molecular weight is 447 g/mol. The maximum absolute atomic E-state index is 13.4. The van der Waals surface area contributed by atoms with Crippen molar-refractivity contribution >= 4 is 28.7 Å². The van der Waals surface area contributed by atoms with Crippen LogP contribution in [0.3, 0.4) is 0 Å². The van der Waals surface area contributed by atoms with Crippen LogP contribution >= 0.6 is 0 Å². The average Bonchev–Trinajstić information content (AvgIpc) is 3.33. The number of benzene rings is 1. The fourth-order valence-electron chi connectivity index (χ4n) is 4.57. The summed E-state index contributed by atoms with van der Waals surface area (Å²) in [6.45, 7) is 5.15. The van der Waals surface area contributed by atoms with Crippen LogP contribution in [0.25, 0.3) is 10.9 Å². The Hall–Kier alpha value is -3.59. The van der Waals surface area contributed by atoms with Crippen LogP contribution in [0, 0.1) is 6.92 Å². The molecule has 2 aliphatic rings. The van der Waals surface area contributed by atoms with E-state index in [0.29, 0.717) is 56.3 Å². The second-order valence-electron chi connectivity index (χ2n) is 8.51. The first-order valence-electron chi connectivity index (χ1n) is 11.2. The van der Waals surface area contributed by atoms with Crippen LogP contribution in [-0.4, -0.2) is 76.0 Å². The minimum Gasteiger partial charge on any atom is -0.378 e. The standard InChI is InChI=1S/C24H26N6O3/c1-15-12-21(28-24(25)26-15)23(32)30-7-6-16(14-30)20-13-18(17-4-2-3-5-19(17)27-20)22(31)29-8-10-33-11-9-29/h2-5,12-13,16H,6-11,14H2,1H3,(H2,25,26,28)/t16-/m1/s1. The summed E-state index contributed by atoms with van der Waals surface area (Å²) in [4.78, 5) is 43.0. The van der Waals surface area contributed by atoms with Gasteiger partial charge in [0.2, 0.25) is 5.95 Å². The second-order valence-corrected chi connectivity index (χ2v) is 8.51. The molecule has 2 saturated heterocycles. The summed E-state index contributed by atoms with van der Waals surface area (Å²) in [7, 11) is 0. The number of anilines is 1. The van der Waals surface area contributed by atoms with Crippen molar-refractivity contribution in [2.45, 2.75) is 19.3 Å². The first kappa shape index (κ1) is 21.3. The topological polar surface area (TPSA) is 115 Å². The van der Waals surface area contributed by atoms with Gasteiger partial charge in [-0.2, -0.15) is 0 Å². The molecule has 0 unspecified atom stereocenters. The number of carbonyl (C=O) groups is 2. The Kier molecular flexibility index (Phi) is 5.63. The van der Waals surface area contributed by atoms with Crippen molar-refractivity contribution in [1.82, 2.24) is 24.8 Å². The third-order valence-electron chi connectivity index (χ3n) is 6.25. The summed E-state index contributed by atoms with van der Waals surface area (Å²) in [5, 5.41) is 0.843. The number of carbonyl (C=O) groups excluding carboxylic acids is 2. The molecule has 3 aromatic rings. The fraction of sp³-hybridized carbons (Fsp3) is 0.375. The van der Waals surface area contributed by atoms with Gasteiger partial charge in [0, 0.05) is 48.9 Å². The van der Waals surface area contributed by atoms with Crippen LogP contribution < -0.4 is 5.73 Å². The Labute approximate surface area is 191 Å². The lowest BCUT2D eigenvalue weighted by Gasteiger charge is -2.27. The summed E-state index contributed by atoms with van der Waals surface area (Å²) >= 11 is 0. The van der Waals surface area contributed by atoms with E-state index in [2.05, 4.69) is 9.97 Å². The predicted octanol–water partition coefficient (Wildman–Crippen LogP) is 2.02. The van der Waals surface area contributed by atoms with E-state index < -0.39 is 0 Å². The van der Waals surface area contributed by atoms with Crippen LogP contribution in [-0.2, 0) is 4.74 Å². The molecular formula is C24H26N6O3. The molecule has 170 valence electrons. The lowest BCUT2D eigenvalue weighted by molar-refractivity contribution is 0.0304. The van der Waals surface area contributed by atoms with E-state index in [1.54, 1.807) is 17.9 Å². The van der Waals surface area contributed by atoms with E-state index in [9.17, 15) is 9.59 Å². The summed E-state index contributed by atoms with van der Waals surface area (Å²) in [5.74, 6) is -0.0391. The number of amides is 2. The zero-order chi connectivity index (χ0) is 22.9. The molecule has 5 rings (SSSR count). The Morgan fingerprint density at radius 3 is 2.58 bits per heavy atom.